The maximum absolute atomic E-state index is 11.8. The van der Waals surface area contributed by atoms with Crippen LogP contribution >= 0.6 is 11.6 Å². The Morgan fingerprint density at radius 2 is 2.15 bits per heavy atom. The molecule has 1 aromatic heterocycles. The molecule has 2 aromatic rings. The number of rotatable bonds is 7. The highest BCUT2D eigenvalue weighted by atomic mass is 35.5. The lowest BCUT2D eigenvalue weighted by Crippen LogP contribution is -2.11. The second kappa shape index (κ2) is 8.80. The fraction of sp³-hybridized carbons (Fsp3) is 0.176. The van der Waals surface area contributed by atoms with Gasteiger partial charge in [0.1, 0.15) is 29.8 Å². The van der Waals surface area contributed by atoms with E-state index in [-0.39, 0.29) is 46.6 Å². The second-order valence-corrected chi connectivity index (χ2v) is 5.36. The summed E-state index contributed by atoms with van der Waals surface area (Å²) in [4.78, 5) is 22.4. The number of carbonyl (C=O) groups is 1. The lowest BCUT2D eigenvalue weighted by Gasteiger charge is -2.02. The monoisotopic (exact) mass is 376 g/mol. The van der Waals surface area contributed by atoms with Crippen molar-refractivity contribution >= 4 is 29.3 Å². The van der Waals surface area contributed by atoms with Gasteiger partial charge in [-0.05, 0) is 24.3 Å². The molecule has 0 bridgehead atoms. The molecule has 8 nitrogen and oxygen atoms in total. The van der Waals surface area contributed by atoms with Crippen LogP contribution in [-0.2, 0) is 14.3 Å². The van der Waals surface area contributed by atoms with E-state index in [4.69, 9.17) is 30.8 Å². The summed E-state index contributed by atoms with van der Waals surface area (Å²) in [6.45, 7) is 0.213. The summed E-state index contributed by atoms with van der Waals surface area (Å²) in [6, 6.07) is 8.86. The molecule has 0 fully saturated rings. The average molecular weight is 377 g/mol. The van der Waals surface area contributed by atoms with Crippen LogP contribution in [-0.4, -0.2) is 31.2 Å². The number of carbonyl (C=O) groups excluding carboxylic acids is 1. The highest BCUT2D eigenvalue weighted by Crippen LogP contribution is 2.33. The van der Waals surface area contributed by atoms with Gasteiger partial charge in [-0.25, -0.2) is 4.79 Å². The van der Waals surface area contributed by atoms with Crippen LogP contribution in [0.25, 0.3) is 17.4 Å². The third-order valence-electron chi connectivity index (χ3n) is 3.20. The zero-order chi connectivity index (χ0) is 19.1. The molecule has 0 amide bonds. The van der Waals surface area contributed by atoms with Gasteiger partial charge in [-0.2, -0.15) is 5.26 Å². The summed E-state index contributed by atoms with van der Waals surface area (Å²) in [5, 5.41) is 20.5. The van der Waals surface area contributed by atoms with Crippen LogP contribution in [0.15, 0.2) is 40.3 Å². The van der Waals surface area contributed by atoms with Crippen molar-refractivity contribution in [3.63, 3.8) is 0 Å². The van der Waals surface area contributed by atoms with Crippen molar-refractivity contribution in [3.8, 4) is 17.4 Å². The number of hydrogen-bond donors (Lipinski definition) is 0. The lowest BCUT2D eigenvalue weighted by atomic mass is 10.1. The van der Waals surface area contributed by atoms with Crippen molar-refractivity contribution in [3.05, 3.63) is 56.8 Å². The molecule has 1 heterocycles. The molecule has 0 aliphatic carbocycles. The number of nitro groups is 1. The van der Waals surface area contributed by atoms with Gasteiger partial charge in [0.2, 0.25) is 0 Å². The number of nitriles is 1. The van der Waals surface area contributed by atoms with Crippen LogP contribution in [0.4, 0.5) is 5.69 Å². The van der Waals surface area contributed by atoms with Crippen LogP contribution < -0.4 is 0 Å². The van der Waals surface area contributed by atoms with Crippen molar-refractivity contribution in [2.45, 2.75) is 0 Å². The van der Waals surface area contributed by atoms with E-state index in [2.05, 4.69) is 0 Å². The predicted octanol–water partition coefficient (Wildman–Crippen LogP) is 3.60. The predicted molar refractivity (Wildman–Crippen MR) is 92.2 cm³/mol. The van der Waals surface area contributed by atoms with Crippen molar-refractivity contribution in [1.29, 1.82) is 5.26 Å². The SMILES string of the molecule is COCCOC(=O)/C(C#N)=C/c1ccc(-c2ccc(Cl)cc2[N+](=O)[O-])o1. The molecule has 0 unspecified atom stereocenters. The standard InChI is InChI=1S/C17H13ClN2O6/c1-24-6-7-25-17(21)11(10-19)8-13-3-5-16(26-13)14-4-2-12(18)9-15(14)20(22)23/h2-5,8-9H,6-7H2,1H3/b11-8+. The van der Waals surface area contributed by atoms with Crippen LogP contribution in [0.5, 0.6) is 0 Å². The van der Waals surface area contributed by atoms with Crippen molar-refractivity contribution in [1.82, 2.24) is 0 Å². The zero-order valence-corrected chi connectivity index (χ0v) is 14.4. The van der Waals surface area contributed by atoms with E-state index in [0.717, 1.165) is 0 Å². The molecule has 134 valence electrons. The number of hydrogen-bond acceptors (Lipinski definition) is 7. The number of esters is 1. The third-order valence-corrected chi connectivity index (χ3v) is 3.43. The van der Waals surface area contributed by atoms with Gasteiger partial charge in [-0.1, -0.05) is 11.6 Å². The molecule has 9 heteroatoms. The molecule has 0 saturated carbocycles. The van der Waals surface area contributed by atoms with Crippen LogP contribution in [0, 0.1) is 21.4 Å². The van der Waals surface area contributed by atoms with E-state index < -0.39 is 10.9 Å². The van der Waals surface area contributed by atoms with Gasteiger partial charge in [0.15, 0.2) is 0 Å². The molecule has 0 N–H and O–H groups in total. The molecule has 1 aromatic carbocycles. The molecule has 0 saturated heterocycles. The molecule has 0 spiro atoms. The van der Waals surface area contributed by atoms with E-state index in [1.165, 1.54) is 43.5 Å². The van der Waals surface area contributed by atoms with Gasteiger partial charge in [-0.15, -0.1) is 0 Å². The first-order valence-corrected chi connectivity index (χ1v) is 7.66. The minimum atomic E-state index is -0.819. The number of furan rings is 1. The Hall–Kier alpha value is -3.15. The minimum Gasteiger partial charge on any atom is -0.459 e. The van der Waals surface area contributed by atoms with E-state index in [0.29, 0.717) is 0 Å². The first-order valence-electron chi connectivity index (χ1n) is 7.28. The van der Waals surface area contributed by atoms with Crippen molar-refractivity contribution in [2.75, 3.05) is 20.3 Å². The largest absolute Gasteiger partial charge is 0.459 e. The van der Waals surface area contributed by atoms with Gasteiger partial charge >= 0.3 is 5.97 Å². The molecule has 26 heavy (non-hydrogen) atoms. The first-order chi connectivity index (χ1) is 12.5. The average Bonchev–Trinajstić information content (AvgIpc) is 3.08. The third kappa shape index (κ3) is 4.69. The summed E-state index contributed by atoms with van der Waals surface area (Å²) >= 11 is 5.79. The summed E-state index contributed by atoms with van der Waals surface area (Å²) in [5.74, 6) is -0.450. The minimum absolute atomic E-state index is 0.00866. The summed E-state index contributed by atoms with van der Waals surface area (Å²) in [6.07, 6.45) is 1.19. The second-order valence-electron chi connectivity index (χ2n) is 4.92. The van der Waals surface area contributed by atoms with E-state index in [1.54, 1.807) is 6.07 Å². The Kier molecular flexibility index (Phi) is 6.49. The molecule has 0 radical (unpaired) electrons. The van der Waals surface area contributed by atoms with Crippen LogP contribution in [0.1, 0.15) is 5.76 Å². The molecular weight excluding hydrogens is 364 g/mol. The van der Waals surface area contributed by atoms with Crippen LogP contribution in [0.3, 0.4) is 0 Å². The number of ether oxygens (including phenoxy) is 2. The van der Waals surface area contributed by atoms with Gasteiger partial charge in [-0.3, -0.25) is 10.1 Å². The molecule has 0 aliphatic rings. The highest BCUT2D eigenvalue weighted by Gasteiger charge is 2.19. The Morgan fingerprint density at radius 1 is 1.38 bits per heavy atom. The first kappa shape index (κ1) is 19.2. The van der Waals surface area contributed by atoms with E-state index in [1.807, 2.05) is 0 Å². The van der Waals surface area contributed by atoms with Gasteiger partial charge in [0, 0.05) is 24.3 Å². The quantitative estimate of drug-likeness (QED) is 0.181. The van der Waals surface area contributed by atoms with Crippen molar-refractivity contribution in [2.24, 2.45) is 0 Å². The van der Waals surface area contributed by atoms with E-state index in [9.17, 15) is 14.9 Å². The Morgan fingerprint density at radius 3 is 2.81 bits per heavy atom. The Bertz CT molecular complexity index is 897. The van der Waals surface area contributed by atoms with Gasteiger partial charge < -0.3 is 13.9 Å². The Balaban J connectivity index is 2.28. The topological polar surface area (TPSA) is 116 Å². The Labute approximate surface area is 153 Å². The molecule has 0 atom stereocenters. The van der Waals surface area contributed by atoms with Crippen LogP contribution in [0.2, 0.25) is 5.02 Å². The van der Waals surface area contributed by atoms with Gasteiger partial charge in [0.05, 0.1) is 17.1 Å². The maximum Gasteiger partial charge on any atom is 0.349 e. The summed E-state index contributed by atoms with van der Waals surface area (Å²) in [7, 11) is 1.45. The number of nitrogens with zero attached hydrogens (tertiary/aromatic N) is 2. The fourth-order valence-electron chi connectivity index (χ4n) is 2.01. The molecular formula is C17H13ClN2O6. The number of methoxy groups -OCH3 is 1. The fourth-order valence-corrected chi connectivity index (χ4v) is 2.18. The van der Waals surface area contributed by atoms with Crippen molar-refractivity contribution < 1.29 is 23.6 Å². The van der Waals surface area contributed by atoms with Gasteiger partial charge in [0.25, 0.3) is 5.69 Å². The lowest BCUT2D eigenvalue weighted by molar-refractivity contribution is -0.384. The summed E-state index contributed by atoms with van der Waals surface area (Å²) < 4.78 is 15.1. The molecule has 0 aliphatic heterocycles. The summed E-state index contributed by atoms with van der Waals surface area (Å²) in [5.41, 5.74) is -0.269. The maximum atomic E-state index is 11.8. The number of halogens is 1. The smallest absolute Gasteiger partial charge is 0.349 e. The number of nitro benzene ring substituents is 1. The highest BCUT2D eigenvalue weighted by molar-refractivity contribution is 6.30. The number of benzene rings is 1. The van der Waals surface area contributed by atoms with E-state index >= 15 is 0 Å². The normalized spacial score (nSPS) is 11.0. The zero-order valence-electron chi connectivity index (χ0n) is 13.6. The molecule has 2 rings (SSSR count).